The maximum absolute atomic E-state index is 12.5. The van der Waals surface area contributed by atoms with Crippen molar-refractivity contribution in [1.82, 2.24) is 4.90 Å². The summed E-state index contributed by atoms with van der Waals surface area (Å²) in [6, 6.07) is 13.3. The molecule has 0 bridgehead atoms. The first-order chi connectivity index (χ1) is 12.8. The minimum absolute atomic E-state index is 0.303. The molecule has 0 atom stereocenters. The lowest BCUT2D eigenvalue weighted by Crippen LogP contribution is -2.36. The Morgan fingerprint density at radius 3 is 2.37 bits per heavy atom. The van der Waals surface area contributed by atoms with E-state index in [0.717, 1.165) is 36.9 Å². The molecular formula is C20H17IN2O3S. The number of hydrogen-bond donors (Lipinski definition) is 1. The number of nitrogens with zero attached hydrogens (tertiary/aromatic N) is 1. The van der Waals surface area contributed by atoms with Gasteiger partial charge in [0.25, 0.3) is 11.1 Å². The van der Waals surface area contributed by atoms with Crippen LogP contribution >= 0.6 is 34.4 Å². The van der Waals surface area contributed by atoms with Crippen LogP contribution in [0, 0.1) is 17.4 Å². The van der Waals surface area contributed by atoms with Crippen molar-refractivity contribution in [2.75, 3.05) is 11.9 Å². The second-order valence-electron chi connectivity index (χ2n) is 6.13. The van der Waals surface area contributed by atoms with Crippen LogP contribution in [0.5, 0.6) is 0 Å². The van der Waals surface area contributed by atoms with Gasteiger partial charge in [-0.05, 0) is 83.1 Å². The summed E-state index contributed by atoms with van der Waals surface area (Å²) < 4.78 is 1.08. The van der Waals surface area contributed by atoms with Crippen LogP contribution in [0.15, 0.2) is 47.4 Å². The van der Waals surface area contributed by atoms with E-state index < -0.39 is 17.1 Å². The second-order valence-corrected chi connectivity index (χ2v) is 8.37. The molecule has 138 valence electrons. The van der Waals surface area contributed by atoms with E-state index in [9.17, 15) is 14.4 Å². The molecule has 5 nitrogen and oxygen atoms in total. The van der Waals surface area contributed by atoms with Crippen molar-refractivity contribution in [3.05, 3.63) is 67.6 Å². The third-order valence-electron chi connectivity index (χ3n) is 4.09. The van der Waals surface area contributed by atoms with Gasteiger partial charge in [0.2, 0.25) is 5.91 Å². The van der Waals surface area contributed by atoms with Gasteiger partial charge in [-0.15, -0.1) is 0 Å². The average molecular weight is 492 g/mol. The zero-order chi connectivity index (χ0) is 19.6. The first-order valence-electron chi connectivity index (χ1n) is 8.22. The number of thioether (sulfide) groups is 1. The van der Waals surface area contributed by atoms with E-state index in [1.165, 1.54) is 0 Å². The predicted octanol–water partition coefficient (Wildman–Crippen LogP) is 4.58. The van der Waals surface area contributed by atoms with Crippen LogP contribution < -0.4 is 5.32 Å². The molecule has 0 radical (unpaired) electrons. The number of aryl methyl sites for hydroxylation is 2. The molecule has 2 aromatic rings. The van der Waals surface area contributed by atoms with E-state index >= 15 is 0 Å². The zero-order valence-electron chi connectivity index (χ0n) is 14.8. The molecule has 1 aliphatic heterocycles. The van der Waals surface area contributed by atoms with E-state index in [0.29, 0.717) is 10.6 Å². The Bertz CT molecular complexity index is 934. The number of anilines is 1. The molecule has 1 heterocycles. The van der Waals surface area contributed by atoms with E-state index in [1.807, 2.05) is 56.3 Å². The normalized spacial score (nSPS) is 15.5. The Morgan fingerprint density at radius 2 is 1.74 bits per heavy atom. The van der Waals surface area contributed by atoms with Gasteiger partial charge in [0.15, 0.2) is 0 Å². The molecule has 0 aliphatic carbocycles. The number of carbonyl (C=O) groups is 3. The molecule has 1 fully saturated rings. The van der Waals surface area contributed by atoms with E-state index in [1.54, 1.807) is 6.08 Å². The van der Waals surface area contributed by atoms with Gasteiger partial charge in [0, 0.05) is 9.26 Å². The Morgan fingerprint density at radius 1 is 1.11 bits per heavy atom. The number of nitrogens with one attached hydrogen (secondary N) is 1. The highest BCUT2D eigenvalue weighted by Crippen LogP contribution is 2.32. The maximum Gasteiger partial charge on any atom is 0.294 e. The third-order valence-corrected chi connectivity index (χ3v) is 5.72. The minimum Gasteiger partial charge on any atom is -0.324 e. The molecule has 0 saturated carbocycles. The fourth-order valence-corrected chi connectivity index (χ4v) is 3.88. The quantitative estimate of drug-likeness (QED) is 0.501. The lowest BCUT2D eigenvalue weighted by atomic mass is 10.1. The molecule has 1 aliphatic rings. The monoisotopic (exact) mass is 492 g/mol. The van der Waals surface area contributed by atoms with E-state index in [2.05, 4.69) is 27.9 Å². The summed E-state index contributed by atoms with van der Waals surface area (Å²) in [5.41, 5.74) is 3.40. The summed E-state index contributed by atoms with van der Waals surface area (Å²) in [5.74, 6) is -0.842. The van der Waals surface area contributed by atoms with Crippen LogP contribution in [0.25, 0.3) is 6.08 Å². The summed E-state index contributed by atoms with van der Waals surface area (Å²) in [6.07, 6.45) is 1.67. The number of benzene rings is 2. The number of para-hydroxylation sites is 1. The van der Waals surface area contributed by atoms with Crippen LogP contribution in [-0.2, 0) is 9.59 Å². The summed E-state index contributed by atoms with van der Waals surface area (Å²) in [5, 5.41) is 2.37. The van der Waals surface area contributed by atoms with Gasteiger partial charge in [-0.2, -0.15) is 0 Å². The molecule has 2 aromatic carbocycles. The molecule has 3 amide bonds. The number of carbonyl (C=O) groups excluding carboxylic acids is 3. The molecule has 7 heteroatoms. The predicted molar refractivity (Wildman–Crippen MR) is 116 cm³/mol. The van der Waals surface area contributed by atoms with Crippen LogP contribution in [0.1, 0.15) is 16.7 Å². The molecule has 27 heavy (non-hydrogen) atoms. The SMILES string of the molecule is Cc1cccc(C)c1NC(=O)CN1C(=O)S/C(=C/c2ccc(I)cc2)C1=O. The Kier molecular flexibility index (Phi) is 6.01. The van der Waals surface area contributed by atoms with Crippen molar-refractivity contribution in [1.29, 1.82) is 0 Å². The first kappa shape index (κ1) is 19.6. The minimum atomic E-state index is -0.444. The molecular weight excluding hydrogens is 475 g/mol. The van der Waals surface area contributed by atoms with Gasteiger partial charge < -0.3 is 5.32 Å². The van der Waals surface area contributed by atoms with Crippen molar-refractivity contribution in [2.45, 2.75) is 13.8 Å². The van der Waals surface area contributed by atoms with Gasteiger partial charge in [-0.25, -0.2) is 0 Å². The molecule has 1 saturated heterocycles. The summed E-state index contributed by atoms with van der Waals surface area (Å²) in [6.45, 7) is 3.49. The van der Waals surface area contributed by atoms with Crippen molar-refractivity contribution < 1.29 is 14.4 Å². The molecule has 0 unspecified atom stereocenters. The zero-order valence-corrected chi connectivity index (χ0v) is 17.8. The van der Waals surface area contributed by atoms with Gasteiger partial charge in [-0.3, -0.25) is 19.3 Å². The van der Waals surface area contributed by atoms with E-state index in [4.69, 9.17) is 0 Å². The number of amides is 3. The first-order valence-corrected chi connectivity index (χ1v) is 10.1. The summed E-state index contributed by atoms with van der Waals surface area (Å²) >= 11 is 3.05. The summed E-state index contributed by atoms with van der Waals surface area (Å²) in [7, 11) is 0. The molecule has 0 spiro atoms. The van der Waals surface area contributed by atoms with E-state index in [-0.39, 0.29) is 6.54 Å². The number of hydrogen-bond acceptors (Lipinski definition) is 4. The lowest BCUT2D eigenvalue weighted by Gasteiger charge is -2.15. The van der Waals surface area contributed by atoms with Crippen LogP contribution in [0.2, 0.25) is 0 Å². The number of rotatable bonds is 4. The van der Waals surface area contributed by atoms with Crippen molar-refractivity contribution in [2.24, 2.45) is 0 Å². The maximum atomic E-state index is 12.5. The lowest BCUT2D eigenvalue weighted by molar-refractivity contribution is -0.127. The summed E-state index contributed by atoms with van der Waals surface area (Å²) in [4.78, 5) is 38.4. The van der Waals surface area contributed by atoms with Crippen LogP contribution in [-0.4, -0.2) is 28.5 Å². The van der Waals surface area contributed by atoms with Crippen molar-refractivity contribution in [3.63, 3.8) is 0 Å². The van der Waals surface area contributed by atoms with Gasteiger partial charge >= 0.3 is 0 Å². The Hall–Kier alpha value is -2.13. The standard InChI is InChI=1S/C20H17IN2O3S/c1-12-4-3-5-13(2)18(12)22-17(24)11-23-19(25)16(27-20(23)26)10-14-6-8-15(21)9-7-14/h3-10H,11H2,1-2H3,(H,22,24)/b16-10+. The van der Waals surface area contributed by atoms with Crippen molar-refractivity contribution in [3.8, 4) is 0 Å². The van der Waals surface area contributed by atoms with Gasteiger partial charge in [-0.1, -0.05) is 30.3 Å². The molecule has 1 N–H and O–H groups in total. The topological polar surface area (TPSA) is 66.5 Å². The van der Waals surface area contributed by atoms with Crippen molar-refractivity contribution >= 4 is 63.2 Å². The van der Waals surface area contributed by atoms with Gasteiger partial charge in [0.05, 0.1) is 4.91 Å². The highest BCUT2D eigenvalue weighted by molar-refractivity contribution is 14.1. The largest absolute Gasteiger partial charge is 0.324 e. The fraction of sp³-hybridized carbons (Fsp3) is 0.150. The van der Waals surface area contributed by atoms with Crippen LogP contribution in [0.4, 0.5) is 10.5 Å². The number of imide groups is 1. The molecule has 3 rings (SSSR count). The average Bonchev–Trinajstić information content (AvgIpc) is 2.88. The smallest absolute Gasteiger partial charge is 0.294 e. The highest BCUT2D eigenvalue weighted by Gasteiger charge is 2.36. The second kappa shape index (κ2) is 8.26. The molecule has 0 aromatic heterocycles. The van der Waals surface area contributed by atoms with Gasteiger partial charge in [0.1, 0.15) is 6.54 Å². The third kappa shape index (κ3) is 4.59. The Balaban J connectivity index is 1.72. The Labute approximate surface area is 175 Å². The number of halogens is 1. The van der Waals surface area contributed by atoms with Crippen LogP contribution in [0.3, 0.4) is 0 Å². The highest BCUT2D eigenvalue weighted by atomic mass is 127. The fourth-order valence-electron chi connectivity index (χ4n) is 2.68.